The third kappa shape index (κ3) is 2.23. The van der Waals surface area contributed by atoms with E-state index in [0.717, 1.165) is 5.56 Å². The highest BCUT2D eigenvalue weighted by Gasteiger charge is 2.45. The maximum absolute atomic E-state index is 12.6. The molecule has 1 aromatic rings. The summed E-state index contributed by atoms with van der Waals surface area (Å²) in [6.07, 6.45) is 1.04. The van der Waals surface area contributed by atoms with Crippen LogP contribution in [-0.4, -0.2) is 37.9 Å². The summed E-state index contributed by atoms with van der Waals surface area (Å²) in [6.45, 7) is 2.71. The number of ether oxygens (including phenoxy) is 1. The van der Waals surface area contributed by atoms with Crippen molar-refractivity contribution in [2.45, 2.75) is 30.8 Å². The molecule has 2 aliphatic rings. The Labute approximate surface area is 118 Å². The highest BCUT2D eigenvalue weighted by molar-refractivity contribution is 7.89. The normalized spacial score (nSPS) is 27.1. The smallest absolute Gasteiger partial charge is 0.313 e. The van der Waals surface area contributed by atoms with Crippen LogP contribution in [0, 0.1) is 12.8 Å². The monoisotopic (exact) mass is 295 g/mol. The molecule has 1 aromatic carbocycles. The summed E-state index contributed by atoms with van der Waals surface area (Å²) in [5.74, 6) is -0.308. The standard InChI is InChI=1S/C14H17NO4S/c1-10-2-4-11(5-3-10)20(17,18)15-8-6-12-13(7-9-15)19-14(12)16/h2-5,12-13H,6-9H2,1H3/t12-,13-/m1/s1. The van der Waals surface area contributed by atoms with Crippen LogP contribution in [-0.2, 0) is 19.6 Å². The second-order valence-corrected chi connectivity index (χ2v) is 7.31. The van der Waals surface area contributed by atoms with E-state index in [1.54, 1.807) is 24.3 Å². The first kappa shape index (κ1) is 13.6. The first-order chi connectivity index (χ1) is 9.48. The minimum Gasteiger partial charge on any atom is -0.461 e. The van der Waals surface area contributed by atoms with Gasteiger partial charge < -0.3 is 4.74 Å². The van der Waals surface area contributed by atoms with Gasteiger partial charge in [0, 0.05) is 13.1 Å². The first-order valence-electron chi connectivity index (χ1n) is 6.76. The molecular formula is C14H17NO4S. The number of aryl methyl sites for hydroxylation is 1. The van der Waals surface area contributed by atoms with E-state index in [0.29, 0.717) is 30.8 Å². The quantitative estimate of drug-likeness (QED) is 0.772. The first-order valence-corrected chi connectivity index (χ1v) is 8.20. The van der Waals surface area contributed by atoms with Crippen LogP contribution in [0.15, 0.2) is 29.2 Å². The van der Waals surface area contributed by atoms with E-state index < -0.39 is 10.0 Å². The fourth-order valence-corrected chi connectivity index (χ4v) is 4.20. The lowest BCUT2D eigenvalue weighted by Crippen LogP contribution is -2.44. The molecular weight excluding hydrogens is 278 g/mol. The van der Waals surface area contributed by atoms with Gasteiger partial charge in [-0.15, -0.1) is 0 Å². The summed E-state index contributed by atoms with van der Waals surface area (Å²) >= 11 is 0. The average Bonchev–Trinajstić information content (AvgIpc) is 2.58. The van der Waals surface area contributed by atoms with Crippen molar-refractivity contribution in [3.05, 3.63) is 29.8 Å². The van der Waals surface area contributed by atoms with Gasteiger partial charge in [0.1, 0.15) is 6.10 Å². The average molecular weight is 295 g/mol. The zero-order chi connectivity index (χ0) is 14.3. The van der Waals surface area contributed by atoms with Crippen LogP contribution in [0.4, 0.5) is 0 Å². The van der Waals surface area contributed by atoms with Crippen molar-refractivity contribution in [1.82, 2.24) is 4.31 Å². The Morgan fingerprint density at radius 1 is 1.15 bits per heavy atom. The van der Waals surface area contributed by atoms with E-state index in [4.69, 9.17) is 4.74 Å². The second-order valence-electron chi connectivity index (χ2n) is 5.38. The molecule has 20 heavy (non-hydrogen) atoms. The Hall–Kier alpha value is -1.40. The zero-order valence-electron chi connectivity index (χ0n) is 11.3. The fraction of sp³-hybridized carbons (Fsp3) is 0.500. The maximum Gasteiger partial charge on any atom is 0.313 e. The van der Waals surface area contributed by atoms with Crippen molar-refractivity contribution in [2.75, 3.05) is 13.1 Å². The number of benzene rings is 1. The minimum atomic E-state index is -3.47. The maximum atomic E-state index is 12.6. The number of nitrogens with zero attached hydrogens (tertiary/aromatic N) is 1. The van der Waals surface area contributed by atoms with Gasteiger partial charge in [-0.2, -0.15) is 4.31 Å². The van der Waals surface area contributed by atoms with Crippen LogP contribution < -0.4 is 0 Å². The molecule has 3 rings (SSSR count). The predicted molar refractivity (Wildman–Crippen MR) is 72.5 cm³/mol. The molecule has 5 nitrogen and oxygen atoms in total. The van der Waals surface area contributed by atoms with Gasteiger partial charge in [0.15, 0.2) is 0 Å². The summed E-state index contributed by atoms with van der Waals surface area (Å²) < 4.78 is 31.6. The molecule has 0 aliphatic carbocycles. The minimum absolute atomic E-state index is 0.0966. The summed E-state index contributed by atoms with van der Waals surface area (Å²) in [4.78, 5) is 11.6. The van der Waals surface area contributed by atoms with Crippen molar-refractivity contribution in [1.29, 1.82) is 0 Å². The molecule has 2 fully saturated rings. The third-order valence-electron chi connectivity index (χ3n) is 4.03. The van der Waals surface area contributed by atoms with Gasteiger partial charge in [0.25, 0.3) is 0 Å². The van der Waals surface area contributed by atoms with E-state index >= 15 is 0 Å². The second kappa shape index (κ2) is 4.86. The molecule has 6 heteroatoms. The summed E-state index contributed by atoms with van der Waals surface area (Å²) in [5, 5.41) is 0. The number of hydrogen-bond acceptors (Lipinski definition) is 4. The van der Waals surface area contributed by atoms with E-state index in [9.17, 15) is 13.2 Å². The zero-order valence-corrected chi connectivity index (χ0v) is 12.1. The van der Waals surface area contributed by atoms with E-state index in [-0.39, 0.29) is 18.0 Å². The summed E-state index contributed by atoms with van der Waals surface area (Å²) in [7, 11) is -3.47. The third-order valence-corrected chi connectivity index (χ3v) is 5.94. The van der Waals surface area contributed by atoms with Crippen LogP contribution in [0.25, 0.3) is 0 Å². The molecule has 2 heterocycles. The van der Waals surface area contributed by atoms with Gasteiger partial charge >= 0.3 is 5.97 Å². The van der Waals surface area contributed by atoms with Gasteiger partial charge in [0.2, 0.25) is 10.0 Å². The molecule has 2 aliphatic heterocycles. The van der Waals surface area contributed by atoms with Crippen molar-refractivity contribution in [2.24, 2.45) is 5.92 Å². The number of sulfonamides is 1. The van der Waals surface area contributed by atoms with Crippen molar-refractivity contribution in [3.63, 3.8) is 0 Å². The summed E-state index contributed by atoms with van der Waals surface area (Å²) in [5.41, 5.74) is 1.02. The lowest BCUT2D eigenvalue weighted by molar-refractivity contribution is -0.184. The number of carbonyl (C=O) groups is 1. The molecule has 0 saturated carbocycles. The van der Waals surface area contributed by atoms with Gasteiger partial charge in [-0.1, -0.05) is 17.7 Å². The van der Waals surface area contributed by atoms with Crippen molar-refractivity contribution >= 4 is 16.0 Å². The van der Waals surface area contributed by atoms with Gasteiger partial charge in [-0.3, -0.25) is 4.79 Å². The number of esters is 1. The molecule has 0 unspecified atom stereocenters. The summed E-state index contributed by atoms with van der Waals surface area (Å²) in [6, 6.07) is 6.85. The predicted octanol–water partition coefficient (Wildman–Crippen LogP) is 1.32. The largest absolute Gasteiger partial charge is 0.461 e. The number of carbonyl (C=O) groups excluding carboxylic acids is 1. The van der Waals surface area contributed by atoms with Crippen molar-refractivity contribution in [3.8, 4) is 0 Å². The molecule has 2 saturated heterocycles. The van der Waals surface area contributed by atoms with Crippen LogP contribution in [0.2, 0.25) is 0 Å². The molecule has 0 radical (unpaired) electrons. The van der Waals surface area contributed by atoms with Crippen LogP contribution in [0.3, 0.4) is 0 Å². The van der Waals surface area contributed by atoms with E-state index in [1.807, 2.05) is 6.92 Å². The van der Waals surface area contributed by atoms with E-state index in [2.05, 4.69) is 0 Å². The molecule has 2 atom stereocenters. The van der Waals surface area contributed by atoms with Gasteiger partial charge in [-0.25, -0.2) is 8.42 Å². The van der Waals surface area contributed by atoms with Gasteiger partial charge in [-0.05, 0) is 31.9 Å². The van der Waals surface area contributed by atoms with Crippen LogP contribution >= 0.6 is 0 Å². The Morgan fingerprint density at radius 3 is 2.45 bits per heavy atom. The van der Waals surface area contributed by atoms with Crippen LogP contribution in [0.5, 0.6) is 0 Å². The SMILES string of the molecule is Cc1ccc(S(=O)(=O)N2CC[C@H]3OC(=O)[C@@H]3CC2)cc1. The molecule has 0 aromatic heterocycles. The number of hydrogen-bond donors (Lipinski definition) is 0. The highest BCUT2D eigenvalue weighted by Crippen LogP contribution is 2.32. The highest BCUT2D eigenvalue weighted by atomic mass is 32.2. The Morgan fingerprint density at radius 2 is 1.80 bits per heavy atom. The Bertz CT molecular complexity index is 623. The van der Waals surface area contributed by atoms with Crippen molar-refractivity contribution < 1.29 is 17.9 Å². The lowest BCUT2D eigenvalue weighted by Gasteiger charge is -2.33. The lowest BCUT2D eigenvalue weighted by atomic mass is 9.92. The molecule has 0 bridgehead atoms. The molecule has 0 spiro atoms. The van der Waals surface area contributed by atoms with E-state index in [1.165, 1.54) is 4.31 Å². The van der Waals surface area contributed by atoms with Crippen LogP contribution in [0.1, 0.15) is 18.4 Å². The Kier molecular flexibility index (Phi) is 3.30. The number of fused-ring (bicyclic) bond motifs is 1. The molecule has 0 N–H and O–H groups in total. The number of rotatable bonds is 2. The molecule has 0 amide bonds. The van der Waals surface area contributed by atoms with Gasteiger partial charge in [0.05, 0.1) is 10.8 Å². The topological polar surface area (TPSA) is 63.7 Å². The fourth-order valence-electron chi connectivity index (χ4n) is 2.73. The molecule has 108 valence electrons. The Balaban J connectivity index is 1.81.